The molecule has 108 valence electrons. The Morgan fingerprint density at radius 1 is 1.40 bits per heavy atom. The minimum absolute atomic E-state index is 0.0643. The molecule has 1 unspecified atom stereocenters. The van der Waals surface area contributed by atoms with E-state index in [4.69, 9.17) is 0 Å². The van der Waals surface area contributed by atoms with Crippen molar-refractivity contribution in [2.75, 3.05) is 7.11 Å². The number of hydrogen-bond donors (Lipinski definition) is 1. The molecule has 2 aromatic rings. The molecule has 5 nitrogen and oxygen atoms in total. The summed E-state index contributed by atoms with van der Waals surface area (Å²) in [4.78, 5) is 9.72. The Hall–Kier alpha value is -1.50. The number of aryl methyl sites for hydroxylation is 1. The van der Waals surface area contributed by atoms with Gasteiger partial charge in [-0.2, -0.15) is 13.2 Å². The molecule has 0 bridgehead atoms. The van der Waals surface area contributed by atoms with Gasteiger partial charge in [0.25, 0.3) is 0 Å². The van der Waals surface area contributed by atoms with Gasteiger partial charge in [-0.3, -0.25) is 4.57 Å². The zero-order valence-corrected chi connectivity index (χ0v) is 11.4. The van der Waals surface area contributed by atoms with Crippen molar-refractivity contribution in [1.29, 1.82) is 0 Å². The van der Waals surface area contributed by atoms with Crippen LogP contribution in [0.2, 0.25) is 0 Å². The van der Waals surface area contributed by atoms with Crippen molar-refractivity contribution in [1.82, 2.24) is 5.10 Å². The second kappa shape index (κ2) is 4.80. The molecule has 0 fully saturated rings. The number of benzene rings is 1. The molecule has 1 atom stereocenters. The van der Waals surface area contributed by atoms with Crippen LogP contribution in [0, 0.1) is 0 Å². The van der Waals surface area contributed by atoms with Crippen molar-refractivity contribution in [2.45, 2.75) is 6.18 Å². The zero-order chi connectivity index (χ0) is 15.1. The molecule has 0 radical (unpaired) electrons. The minimum atomic E-state index is -4.55. The molecule has 0 amide bonds. The van der Waals surface area contributed by atoms with Crippen molar-refractivity contribution in [3.05, 3.63) is 30.0 Å². The fourth-order valence-electron chi connectivity index (χ4n) is 1.77. The molecule has 0 aliphatic rings. The van der Waals surface area contributed by atoms with E-state index < -0.39 is 19.3 Å². The van der Waals surface area contributed by atoms with E-state index in [-0.39, 0.29) is 16.2 Å². The molecular weight excluding hydrogens is 296 g/mol. The van der Waals surface area contributed by atoms with E-state index in [1.807, 2.05) is 0 Å². The number of fused-ring (bicyclic) bond motifs is 1. The van der Waals surface area contributed by atoms with E-state index in [9.17, 15) is 22.6 Å². The number of halogens is 3. The smallest absolute Gasteiger partial charge is 0.321 e. The first kappa shape index (κ1) is 14.9. The number of aromatic nitrogens is 2. The Balaban J connectivity index is 2.82. The van der Waals surface area contributed by atoms with Gasteiger partial charge >= 0.3 is 13.8 Å². The van der Waals surface area contributed by atoms with Gasteiger partial charge in [0.1, 0.15) is 10.8 Å². The van der Waals surface area contributed by atoms with E-state index >= 15 is 0 Å². The van der Waals surface area contributed by atoms with E-state index in [1.165, 1.54) is 17.9 Å². The van der Waals surface area contributed by atoms with Gasteiger partial charge in [0.05, 0.1) is 5.56 Å². The topological polar surface area (TPSA) is 63.3 Å². The van der Waals surface area contributed by atoms with Gasteiger partial charge in [-0.25, -0.2) is 0 Å². The van der Waals surface area contributed by atoms with E-state index in [0.29, 0.717) is 0 Å². The van der Waals surface area contributed by atoms with Crippen LogP contribution in [-0.2, 0) is 22.3 Å². The van der Waals surface area contributed by atoms with Gasteiger partial charge < -0.3 is 9.42 Å². The molecule has 0 saturated heterocycles. The monoisotopic (exact) mass is 307 g/mol. The highest BCUT2D eigenvalue weighted by atomic mass is 31.2. The second-order valence-corrected chi connectivity index (χ2v) is 6.01. The molecule has 0 aliphatic heterocycles. The summed E-state index contributed by atoms with van der Waals surface area (Å²) in [6, 6.07) is 2.81. The predicted octanol–water partition coefficient (Wildman–Crippen LogP) is 1.54. The van der Waals surface area contributed by atoms with Crippen molar-refractivity contribution < 1.29 is 31.8 Å². The average Bonchev–Trinajstić information content (AvgIpc) is 2.36. The van der Waals surface area contributed by atoms with Gasteiger partial charge in [-0.05, 0) is 23.3 Å². The predicted molar refractivity (Wildman–Crippen MR) is 64.4 cm³/mol. The Morgan fingerprint density at radius 3 is 2.60 bits per heavy atom. The van der Waals surface area contributed by atoms with Crippen LogP contribution in [0.25, 0.3) is 10.9 Å². The summed E-state index contributed by atoms with van der Waals surface area (Å²) in [5, 5.41) is 3.68. The summed E-state index contributed by atoms with van der Waals surface area (Å²) in [5.74, 6) is 0. The van der Waals surface area contributed by atoms with Crippen LogP contribution in [0.5, 0.6) is 0 Å². The van der Waals surface area contributed by atoms with Gasteiger partial charge in [-0.15, -0.1) is 0 Å². The molecule has 9 heteroatoms. The third-order valence-electron chi connectivity index (χ3n) is 2.73. The van der Waals surface area contributed by atoms with E-state index in [0.717, 1.165) is 25.3 Å². The SMILES string of the molecule is COP(=O)(O)c1c[n+](C)nc2ccc(C(F)(F)F)cc12. The first-order valence-electron chi connectivity index (χ1n) is 5.42. The highest BCUT2D eigenvalue weighted by Crippen LogP contribution is 2.41. The summed E-state index contributed by atoms with van der Waals surface area (Å²) in [6.07, 6.45) is -3.37. The summed E-state index contributed by atoms with van der Waals surface area (Å²) in [5.41, 5.74) is -0.748. The first-order valence-corrected chi connectivity index (χ1v) is 7.00. The minimum Gasteiger partial charge on any atom is -0.321 e. The Bertz CT molecular complexity index is 718. The number of alkyl halides is 3. The third kappa shape index (κ3) is 2.67. The Kier molecular flexibility index (Phi) is 3.58. The number of rotatable bonds is 2. The summed E-state index contributed by atoms with van der Waals surface area (Å²) in [7, 11) is -1.69. The fourth-order valence-corrected chi connectivity index (χ4v) is 2.77. The quantitative estimate of drug-likeness (QED) is 0.675. The summed E-state index contributed by atoms with van der Waals surface area (Å²) in [6.45, 7) is 0. The lowest BCUT2D eigenvalue weighted by molar-refractivity contribution is -0.727. The van der Waals surface area contributed by atoms with Crippen LogP contribution >= 0.6 is 7.60 Å². The first-order chi connectivity index (χ1) is 9.15. The molecule has 1 N–H and O–H groups in total. The molecule has 0 spiro atoms. The van der Waals surface area contributed by atoms with E-state index in [2.05, 4.69) is 9.62 Å². The van der Waals surface area contributed by atoms with Crippen LogP contribution in [0.1, 0.15) is 5.56 Å². The highest BCUT2D eigenvalue weighted by Gasteiger charge is 2.33. The van der Waals surface area contributed by atoms with Crippen LogP contribution in [0.3, 0.4) is 0 Å². The lowest BCUT2D eigenvalue weighted by Gasteiger charge is -2.11. The fraction of sp³-hybridized carbons (Fsp3) is 0.273. The molecule has 0 aliphatic carbocycles. The highest BCUT2D eigenvalue weighted by molar-refractivity contribution is 7.61. The van der Waals surface area contributed by atoms with Crippen LogP contribution < -0.4 is 9.99 Å². The maximum Gasteiger partial charge on any atom is 0.416 e. The van der Waals surface area contributed by atoms with Crippen molar-refractivity contribution in [2.24, 2.45) is 7.05 Å². The summed E-state index contributed by atoms with van der Waals surface area (Å²) < 4.78 is 55.8. The molecule has 20 heavy (non-hydrogen) atoms. The van der Waals surface area contributed by atoms with Gasteiger partial charge in [0, 0.05) is 12.5 Å². The summed E-state index contributed by atoms with van der Waals surface area (Å²) >= 11 is 0. The van der Waals surface area contributed by atoms with Crippen molar-refractivity contribution >= 4 is 23.8 Å². The van der Waals surface area contributed by atoms with Crippen molar-refractivity contribution in [3.63, 3.8) is 0 Å². The lowest BCUT2D eigenvalue weighted by atomic mass is 10.1. The normalized spacial score (nSPS) is 15.3. The van der Waals surface area contributed by atoms with Gasteiger partial charge in [-0.1, -0.05) is 4.68 Å². The largest absolute Gasteiger partial charge is 0.416 e. The lowest BCUT2D eigenvalue weighted by Crippen LogP contribution is -2.36. The number of nitrogens with zero attached hydrogens (tertiary/aromatic N) is 2. The van der Waals surface area contributed by atoms with Gasteiger partial charge in [0.2, 0.25) is 6.20 Å². The maximum absolute atomic E-state index is 12.7. The number of hydrogen-bond acceptors (Lipinski definition) is 3. The molecular formula is C11H11F3N2O3P+. The standard InChI is InChI=1S/C11H10F3N2O3P/c1-16-6-10(20(17,18)19-2)8-5-7(11(12,13)14)3-4-9(8)15-16/h3-6H,1-2H3/p+1. The molecule has 0 saturated carbocycles. The average molecular weight is 307 g/mol. The maximum atomic E-state index is 12.7. The third-order valence-corrected chi connectivity index (χ3v) is 4.19. The van der Waals surface area contributed by atoms with Crippen LogP contribution in [-0.4, -0.2) is 17.1 Å². The molecule has 1 aromatic carbocycles. The Morgan fingerprint density at radius 2 is 2.05 bits per heavy atom. The van der Waals surface area contributed by atoms with E-state index in [1.54, 1.807) is 0 Å². The molecule has 1 aromatic heterocycles. The Labute approximate surface area is 112 Å². The second-order valence-electron chi connectivity index (χ2n) is 4.12. The molecule has 2 rings (SSSR count). The van der Waals surface area contributed by atoms with Crippen molar-refractivity contribution in [3.8, 4) is 0 Å². The van der Waals surface area contributed by atoms with Crippen LogP contribution in [0.4, 0.5) is 13.2 Å². The van der Waals surface area contributed by atoms with Gasteiger partial charge in [0.15, 0.2) is 7.05 Å². The zero-order valence-electron chi connectivity index (χ0n) is 10.5. The molecule has 1 heterocycles. The van der Waals surface area contributed by atoms with Crippen LogP contribution in [0.15, 0.2) is 24.4 Å².